The van der Waals surface area contributed by atoms with Crippen LogP contribution in [0.4, 0.5) is 4.79 Å². The van der Waals surface area contributed by atoms with Crippen LogP contribution in [-0.2, 0) is 0 Å². The summed E-state index contributed by atoms with van der Waals surface area (Å²) in [5.74, 6) is 0. The number of nitrogens with zero attached hydrogens (tertiary/aromatic N) is 1. The van der Waals surface area contributed by atoms with Crippen LogP contribution in [0.25, 0.3) is 0 Å². The number of carbonyl (C=O) groups is 1. The third kappa shape index (κ3) is 1030. The third-order valence-electron chi connectivity index (χ3n) is 0. The molecule has 0 aromatic carbocycles. The maximum Gasteiger partial charge on any atom is 0.503 e. The molecule has 0 aliphatic heterocycles. The van der Waals surface area contributed by atoms with Gasteiger partial charge in [0.25, 0.3) is 0 Å². The van der Waals surface area contributed by atoms with Gasteiger partial charge in [0.1, 0.15) is 0 Å². The van der Waals surface area contributed by atoms with Crippen molar-refractivity contribution in [1.29, 1.82) is 0 Å². The second-order valence-corrected chi connectivity index (χ2v) is 0.283. The summed E-state index contributed by atoms with van der Waals surface area (Å²) in [5, 5.41) is 13.9. The smallest absolute Gasteiger partial charge is 0.450 e. The summed E-state index contributed by atoms with van der Waals surface area (Å²) in [5.41, 5.74) is 0. The number of hydrogen-bond donors (Lipinski definition) is 2. The summed E-state index contributed by atoms with van der Waals surface area (Å²) in [7, 11) is 0. The summed E-state index contributed by atoms with van der Waals surface area (Å²) in [6, 6.07) is 0. The predicted molar refractivity (Wildman–Crippen MR) is 26.3 cm³/mol. The van der Waals surface area contributed by atoms with E-state index < -0.39 is 6.16 Å². The van der Waals surface area contributed by atoms with Crippen LogP contribution in [0.15, 0.2) is 0 Å². The minimum Gasteiger partial charge on any atom is -0.450 e. The Bertz CT molecular complexity index is 34.7. The molecule has 0 amide bonds. The molecule has 0 aromatic rings. The monoisotopic (exact) mass is 124 g/mol. The van der Waals surface area contributed by atoms with Gasteiger partial charge in [-0.1, -0.05) is 0 Å². The topological polar surface area (TPSA) is 120 Å². The van der Waals surface area contributed by atoms with Crippen molar-refractivity contribution in [2.24, 2.45) is 0 Å². The Morgan fingerprint density at radius 1 is 1.29 bits per heavy atom. The van der Waals surface area contributed by atoms with Crippen LogP contribution in [-0.4, -0.2) is 39.2 Å². The van der Waals surface area contributed by atoms with Gasteiger partial charge in [0.2, 0.25) is 0 Å². The highest BCUT2D eigenvalue weighted by atomic mass is 27.0. The van der Waals surface area contributed by atoms with Crippen LogP contribution >= 0.6 is 0 Å². The van der Waals surface area contributed by atoms with Crippen molar-refractivity contribution >= 4 is 23.5 Å². The van der Waals surface area contributed by atoms with E-state index in [-0.39, 0.29) is 29.0 Å². The Hall–Kier alpha value is -0.278. The number of hydrogen-bond acceptors (Lipinski definition) is 1. The molecule has 7 heavy (non-hydrogen) atoms. The summed E-state index contributed by atoms with van der Waals surface area (Å²) in [4.78, 5) is 8.56. The molecule has 0 aromatic heterocycles. The molecule has 0 rings (SSSR count). The molecule has 0 saturated heterocycles. The Morgan fingerprint density at radius 3 is 1.29 bits per heavy atom. The predicted octanol–water partition coefficient (Wildman–Crippen LogP) is -2.27. The normalized spacial score (nSPS) is 3.43. The fourth-order valence-corrected chi connectivity index (χ4v) is 0. The van der Waals surface area contributed by atoms with Gasteiger partial charge in [-0.15, -0.1) is 0 Å². The Kier molecular flexibility index (Phi) is 73.1. The van der Waals surface area contributed by atoms with Gasteiger partial charge >= 0.3 is 6.16 Å². The van der Waals surface area contributed by atoms with Gasteiger partial charge in [-0.3, -0.25) is 0 Å². The number of rotatable bonds is 0. The van der Waals surface area contributed by atoms with Crippen molar-refractivity contribution in [2.75, 3.05) is 0 Å². The molecule has 0 unspecified atom stereocenters. The van der Waals surface area contributed by atoms with Gasteiger partial charge in [-0.2, -0.15) is 0 Å². The molecular weight excluding hydrogens is 117 g/mol. The van der Waals surface area contributed by atoms with E-state index >= 15 is 0 Å². The standard InChI is InChI=1S/CH2O3.Al.N.H2O.3H/c2-1(3)4;;;;;;/h(H2,2,3,4);;;1H2;;;. The van der Waals surface area contributed by atoms with Crippen molar-refractivity contribution in [3.05, 3.63) is 0 Å². The summed E-state index contributed by atoms with van der Waals surface area (Å²) >= 11 is 0. The van der Waals surface area contributed by atoms with Gasteiger partial charge < -0.3 is 15.7 Å². The van der Waals surface area contributed by atoms with E-state index in [1.165, 1.54) is 0 Å². The molecule has 5 nitrogen and oxygen atoms in total. The molecule has 0 spiro atoms. The van der Waals surface area contributed by atoms with E-state index in [4.69, 9.17) is 15.0 Å². The lowest BCUT2D eigenvalue weighted by atomic mass is 11.5. The lowest BCUT2D eigenvalue weighted by molar-refractivity contribution is 0.137. The summed E-state index contributed by atoms with van der Waals surface area (Å²) in [6.45, 7) is 0. The van der Waals surface area contributed by atoms with Crippen molar-refractivity contribution in [3.63, 3.8) is 0 Å². The summed E-state index contributed by atoms with van der Waals surface area (Å²) < 4.78 is 0. The van der Waals surface area contributed by atoms with E-state index in [2.05, 4.69) is 0 Å². The van der Waals surface area contributed by atoms with Crippen LogP contribution < -0.4 is 6.15 Å². The van der Waals surface area contributed by atoms with Gasteiger partial charge in [0.05, 0.1) is 0 Å². The maximum atomic E-state index is 8.56. The van der Waals surface area contributed by atoms with Crippen LogP contribution in [0.2, 0.25) is 0 Å². The first-order chi connectivity index (χ1) is 1.73. The molecule has 0 aliphatic carbocycles. The third-order valence-corrected chi connectivity index (χ3v) is 0. The van der Waals surface area contributed by atoms with E-state index in [1.54, 1.807) is 0 Å². The van der Waals surface area contributed by atoms with Gasteiger partial charge in [-0.05, 0) is 0 Å². The van der Waals surface area contributed by atoms with Crippen molar-refractivity contribution in [3.8, 4) is 0 Å². The average Bonchev–Trinajstić information content (AvgIpc) is 0.811. The first-order valence-corrected chi connectivity index (χ1v) is 0.651. The zero-order chi connectivity index (χ0) is 3.58. The van der Waals surface area contributed by atoms with Gasteiger partial charge in [0, 0.05) is 6.15 Å². The highest BCUT2D eigenvalue weighted by Gasteiger charge is 1.70. The van der Waals surface area contributed by atoms with E-state index in [0.29, 0.717) is 0 Å². The average molecular weight is 124 g/mol. The van der Waals surface area contributed by atoms with Crippen molar-refractivity contribution < 1.29 is 20.5 Å². The highest BCUT2D eigenvalue weighted by molar-refractivity contribution is 5.75. The fraction of sp³-hybridized carbons (Fsp3) is 0. The van der Waals surface area contributed by atoms with Crippen LogP contribution in [0.3, 0.4) is 0 Å². The summed E-state index contributed by atoms with van der Waals surface area (Å²) in [6.07, 6.45) is -1.83. The Morgan fingerprint density at radius 2 is 1.29 bits per heavy atom. The first kappa shape index (κ1) is 29.7. The quantitative estimate of drug-likeness (QED) is 0.354. The molecule has 6 heteroatoms. The van der Waals surface area contributed by atoms with Crippen LogP contribution in [0.1, 0.15) is 0 Å². The minimum absolute atomic E-state index is 0. The molecule has 0 bridgehead atoms. The maximum absolute atomic E-state index is 8.56. The highest BCUT2D eigenvalue weighted by Crippen LogP contribution is 1.42. The molecule has 43 valence electrons. The molecular formula is CH7AlNO4. The van der Waals surface area contributed by atoms with Crippen molar-refractivity contribution in [1.82, 2.24) is 6.15 Å². The lowest BCUT2D eigenvalue weighted by Gasteiger charge is -1.60. The molecule has 0 saturated carbocycles. The van der Waals surface area contributed by atoms with Crippen LogP contribution in [0.5, 0.6) is 0 Å². The second kappa shape index (κ2) is 17.2. The van der Waals surface area contributed by atoms with E-state index in [9.17, 15) is 0 Å². The van der Waals surface area contributed by atoms with E-state index in [0.717, 1.165) is 0 Å². The zero-order valence-electron chi connectivity index (χ0n) is 2.75. The van der Waals surface area contributed by atoms with Crippen LogP contribution in [0, 0.1) is 0 Å². The largest absolute Gasteiger partial charge is 0.503 e. The molecule has 0 heterocycles. The van der Waals surface area contributed by atoms with Crippen molar-refractivity contribution in [2.45, 2.75) is 0 Å². The molecule has 3 radical (unpaired) electrons. The Balaban J connectivity index is -0.0000000150. The number of carboxylic acid groups (broad SMARTS) is 2. The van der Waals surface area contributed by atoms with Gasteiger partial charge in [-0.25, -0.2) is 4.79 Å². The second-order valence-electron chi connectivity index (χ2n) is 0.283. The SMILES string of the molecule is O.O=C(O)O.[AlH3].[N]. The molecule has 0 aliphatic rings. The minimum atomic E-state index is -1.83. The fourth-order valence-electron chi connectivity index (χ4n) is 0. The molecule has 0 fully saturated rings. The molecule has 0 atom stereocenters. The Labute approximate surface area is 51.0 Å². The zero-order valence-corrected chi connectivity index (χ0v) is 2.75. The van der Waals surface area contributed by atoms with Gasteiger partial charge in [0.15, 0.2) is 17.4 Å². The lowest BCUT2D eigenvalue weighted by Crippen LogP contribution is -1.81. The molecule has 4 N–H and O–H groups in total. The first-order valence-electron chi connectivity index (χ1n) is 0.651. The van der Waals surface area contributed by atoms with E-state index in [1.807, 2.05) is 0 Å².